The third kappa shape index (κ3) is 5.01. The van der Waals surface area contributed by atoms with Gasteiger partial charge in [-0.1, -0.05) is 6.07 Å². The number of carbonyl (C=O) groups excluding carboxylic acids is 2. The number of carbonyl (C=O) groups is 2. The smallest absolute Gasteiger partial charge is 0.277 e. The Labute approximate surface area is 189 Å². The number of hydrogen-bond donors (Lipinski definition) is 1. The summed E-state index contributed by atoms with van der Waals surface area (Å²) in [6.45, 7) is 8.52. The van der Waals surface area contributed by atoms with E-state index in [0.29, 0.717) is 18.8 Å². The van der Waals surface area contributed by atoms with Crippen molar-refractivity contribution in [2.24, 2.45) is 0 Å². The lowest BCUT2D eigenvalue weighted by atomic mass is 10.00. The van der Waals surface area contributed by atoms with Gasteiger partial charge in [0.2, 0.25) is 0 Å². The van der Waals surface area contributed by atoms with Crippen LogP contribution in [0, 0.1) is 0 Å². The summed E-state index contributed by atoms with van der Waals surface area (Å²) in [6.07, 6.45) is 0.792. The topological polar surface area (TPSA) is 73.3 Å². The monoisotopic (exact) mass is 437 g/mol. The molecule has 2 aliphatic rings. The fourth-order valence-electron chi connectivity index (χ4n) is 4.42. The van der Waals surface area contributed by atoms with E-state index in [2.05, 4.69) is 9.80 Å². The van der Waals surface area contributed by atoms with Crippen LogP contribution >= 0.6 is 0 Å². The third-order valence-electron chi connectivity index (χ3n) is 6.47. The van der Waals surface area contributed by atoms with Crippen molar-refractivity contribution < 1.29 is 19.5 Å². The zero-order chi connectivity index (χ0) is 22.7. The van der Waals surface area contributed by atoms with E-state index in [-0.39, 0.29) is 24.3 Å². The minimum absolute atomic E-state index is 0.0391. The Morgan fingerprint density at radius 1 is 1.03 bits per heavy atom. The normalized spacial score (nSPS) is 17.5. The summed E-state index contributed by atoms with van der Waals surface area (Å²) >= 11 is 0. The van der Waals surface area contributed by atoms with Gasteiger partial charge in [-0.2, -0.15) is 0 Å². The number of piperazine rings is 1. The van der Waals surface area contributed by atoms with E-state index in [1.54, 1.807) is 13.0 Å². The van der Waals surface area contributed by atoms with Gasteiger partial charge in [-0.3, -0.25) is 19.7 Å². The highest BCUT2D eigenvalue weighted by molar-refractivity contribution is 5.94. The summed E-state index contributed by atoms with van der Waals surface area (Å²) in [4.78, 5) is 28.8. The van der Waals surface area contributed by atoms with Gasteiger partial charge in [0, 0.05) is 49.0 Å². The van der Waals surface area contributed by atoms with Crippen LogP contribution in [0.5, 0.6) is 0 Å². The predicted molar refractivity (Wildman–Crippen MR) is 122 cm³/mol. The number of hydrogen-bond acceptors (Lipinski definition) is 6. The number of ether oxygens (including phenoxy) is 1. The summed E-state index contributed by atoms with van der Waals surface area (Å²) in [5, 5.41) is 11.3. The van der Waals surface area contributed by atoms with Crippen LogP contribution in [0.4, 0.5) is 5.69 Å². The van der Waals surface area contributed by atoms with Gasteiger partial charge in [-0.05, 0) is 67.8 Å². The lowest BCUT2D eigenvalue weighted by molar-refractivity contribution is -0.0711. The van der Waals surface area contributed by atoms with Gasteiger partial charge in [0.25, 0.3) is 5.91 Å². The van der Waals surface area contributed by atoms with Crippen LogP contribution in [-0.4, -0.2) is 72.2 Å². The standard InChI is InChI=1S/C25H31N3O4/c1-18(16-28(31)25(30)22-3-4-23-17-32-14-9-21(23)15-22)26-10-12-27(13-11-26)24-7-5-20(6-8-24)19(2)29/h3-8,15,18,31H,9-14,16-17H2,1-2H3. The molecule has 32 heavy (non-hydrogen) atoms. The SMILES string of the molecule is CC(=O)c1ccc(N2CCN(C(C)CN(O)C(=O)c3ccc4c(c3)CCOC4)CC2)cc1. The molecule has 0 aliphatic carbocycles. The number of fused-ring (bicyclic) bond motifs is 1. The van der Waals surface area contributed by atoms with Gasteiger partial charge in [-0.25, -0.2) is 5.06 Å². The van der Waals surface area contributed by atoms with Gasteiger partial charge >= 0.3 is 0 Å². The average molecular weight is 438 g/mol. The molecule has 0 spiro atoms. The summed E-state index contributed by atoms with van der Waals surface area (Å²) in [6, 6.07) is 13.3. The number of rotatable bonds is 6. The maximum absolute atomic E-state index is 12.8. The molecule has 7 nitrogen and oxygen atoms in total. The Morgan fingerprint density at radius 2 is 1.72 bits per heavy atom. The second kappa shape index (κ2) is 9.81. The Balaban J connectivity index is 1.30. The summed E-state index contributed by atoms with van der Waals surface area (Å²) in [5.41, 5.74) is 4.58. The van der Waals surface area contributed by atoms with E-state index in [0.717, 1.165) is 60.0 Å². The lowest BCUT2D eigenvalue weighted by Crippen LogP contribution is -2.52. The van der Waals surface area contributed by atoms with Crippen LogP contribution in [0.25, 0.3) is 0 Å². The molecule has 1 fully saturated rings. The first-order valence-electron chi connectivity index (χ1n) is 11.2. The minimum atomic E-state index is -0.365. The zero-order valence-corrected chi connectivity index (χ0v) is 18.8. The molecule has 0 radical (unpaired) electrons. The molecule has 170 valence electrons. The third-order valence-corrected chi connectivity index (χ3v) is 6.47. The minimum Gasteiger partial charge on any atom is -0.376 e. The lowest BCUT2D eigenvalue weighted by Gasteiger charge is -2.39. The number of benzene rings is 2. The molecule has 1 atom stereocenters. The first-order valence-corrected chi connectivity index (χ1v) is 11.2. The number of nitrogens with zero attached hydrogens (tertiary/aromatic N) is 3. The molecule has 2 aromatic carbocycles. The predicted octanol–water partition coefficient (Wildman–Crippen LogP) is 3.00. The Hall–Kier alpha value is -2.74. The van der Waals surface area contributed by atoms with Crippen molar-refractivity contribution in [1.82, 2.24) is 9.96 Å². The number of hydroxylamine groups is 2. The highest BCUT2D eigenvalue weighted by atomic mass is 16.5. The molecule has 1 unspecified atom stereocenters. The summed E-state index contributed by atoms with van der Waals surface area (Å²) in [5.74, 6) is -0.293. The number of anilines is 1. The van der Waals surface area contributed by atoms with Gasteiger partial charge in [0.1, 0.15) is 0 Å². The Kier molecular flexibility index (Phi) is 6.89. The molecule has 2 aromatic rings. The van der Waals surface area contributed by atoms with E-state index >= 15 is 0 Å². The van der Waals surface area contributed by atoms with Crippen molar-refractivity contribution in [3.63, 3.8) is 0 Å². The van der Waals surface area contributed by atoms with Gasteiger partial charge < -0.3 is 9.64 Å². The van der Waals surface area contributed by atoms with Crippen LogP contribution in [0.2, 0.25) is 0 Å². The molecular weight excluding hydrogens is 406 g/mol. The van der Waals surface area contributed by atoms with Crippen molar-refractivity contribution in [1.29, 1.82) is 0 Å². The number of amides is 1. The number of Topliss-reactive ketones (excluding diaryl/α,β-unsaturated/α-hetero) is 1. The summed E-state index contributed by atoms with van der Waals surface area (Å²) in [7, 11) is 0. The van der Waals surface area contributed by atoms with Crippen molar-refractivity contribution >= 4 is 17.4 Å². The second-order valence-corrected chi connectivity index (χ2v) is 8.65. The van der Waals surface area contributed by atoms with Crippen molar-refractivity contribution in [2.45, 2.75) is 32.9 Å². The van der Waals surface area contributed by atoms with Gasteiger partial charge in [0.05, 0.1) is 19.8 Å². The summed E-state index contributed by atoms with van der Waals surface area (Å²) < 4.78 is 5.45. The van der Waals surface area contributed by atoms with E-state index in [1.807, 2.05) is 43.3 Å². The maximum Gasteiger partial charge on any atom is 0.277 e. The van der Waals surface area contributed by atoms with Crippen LogP contribution in [0.3, 0.4) is 0 Å². The Bertz CT molecular complexity index is 968. The van der Waals surface area contributed by atoms with Crippen LogP contribution in [-0.2, 0) is 17.8 Å². The van der Waals surface area contributed by atoms with Crippen LogP contribution in [0.15, 0.2) is 42.5 Å². The van der Waals surface area contributed by atoms with Gasteiger partial charge in [-0.15, -0.1) is 0 Å². The van der Waals surface area contributed by atoms with Gasteiger partial charge in [0.15, 0.2) is 5.78 Å². The maximum atomic E-state index is 12.8. The van der Waals surface area contributed by atoms with Crippen molar-refractivity contribution in [3.8, 4) is 0 Å². The molecule has 2 aliphatic heterocycles. The second-order valence-electron chi connectivity index (χ2n) is 8.65. The highest BCUT2D eigenvalue weighted by Gasteiger charge is 2.25. The van der Waals surface area contributed by atoms with E-state index in [4.69, 9.17) is 4.74 Å². The van der Waals surface area contributed by atoms with E-state index in [9.17, 15) is 14.8 Å². The van der Waals surface area contributed by atoms with Crippen molar-refractivity contribution in [2.75, 3.05) is 44.2 Å². The Morgan fingerprint density at radius 3 is 2.41 bits per heavy atom. The molecule has 4 rings (SSSR count). The highest BCUT2D eigenvalue weighted by Crippen LogP contribution is 2.21. The fraction of sp³-hybridized carbons (Fsp3) is 0.440. The van der Waals surface area contributed by atoms with Crippen molar-refractivity contribution in [3.05, 3.63) is 64.7 Å². The molecule has 2 heterocycles. The molecule has 0 aromatic heterocycles. The van der Waals surface area contributed by atoms with E-state index < -0.39 is 0 Å². The number of ketones is 1. The molecule has 1 saturated heterocycles. The molecule has 0 saturated carbocycles. The fourth-order valence-corrected chi connectivity index (χ4v) is 4.42. The first-order chi connectivity index (χ1) is 15.4. The average Bonchev–Trinajstić information content (AvgIpc) is 2.83. The van der Waals surface area contributed by atoms with E-state index in [1.165, 1.54) is 0 Å². The molecule has 1 N–H and O–H groups in total. The first kappa shape index (κ1) is 22.5. The molecule has 7 heteroatoms. The largest absolute Gasteiger partial charge is 0.376 e. The van der Waals surface area contributed by atoms with Crippen LogP contribution in [0.1, 0.15) is 45.7 Å². The quantitative estimate of drug-likeness (QED) is 0.426. The zero-order valence-electron chi connectivity index (χ0n) is 18.8. The molecule has 1 amide bonds. The molecule has 0 bridgehead atoms. The molecular formula is C25H31N3O4. The van der Waals surface area contributed by atoms with Crippen LogP contribution < -0.4 is 4.90 Å².